The van der Waals surface area contributed by atoms with Crippen LogP contribution in [0.15, 0.2) is 55.0 Å². The van der Waals surface area contributed by atoms with E-state index in [4.69, 9.17) is 21.1 Å². The van der Waals surface area contributed by atoms with Gasteiger partial charge in [0.25, 0.3) is 0 Å². The number of hydrogen-bond donors (Lipinski definition) is 2. The minimum atomic E-state index is -0.214. The lowest BCUT2D eigenvalue weighted by Gasteiger charge is -2.18. The third-order valence-corrected chi connectivity index (χ3v) is 8.04. The van der Waals surface area contributed by atoms with Crippen molar-refractivity contribution in [2.45, 2.75) is 38.0 Å². The quantitative estimate of drug-likeness (QED) is 0.296. The molecule has 2 fully saturated rings. The Bertz CT molecular complexity index is 1560. The van der Waals surface area contributed by atoms with E-state index in [-0.39, 0.29) is 18.2 Å². The summed E-state index contributed by atoms with van der Waals surface area (Å²) in [6.45, 7) is 2.51. The summed E-state index contributed by atoms with van der Waals surface area (Å²) < 4.78 is 12.4. The smallest absolute Gasteiger partial charge is 0.410 e. The lowest BCUT2D eigenvalue weighted by molar-refractivity contribution is 0.0763. The number of benzene rings is 1. The van der Waals surface area contributed by atoms with Crippen molar-refractivity contribution in [3.05, 3.63) is 70.6 Å². The van der Waals surface area contributed by atoms with Crippen LogP contribution in [0.3, 0.4) is 0 Å². The van der Waals surface area contributed by atoms with Gasteiger partial charge in [-0.15, -0.1) is 11.3 Å². The molecule has 3 aromatic heterocycles. The van der Waals surface area contributed by atoms with E-state index in [0.29, 0.717) is 36.2 Å². The van der Waals surface area contributed by atoms with Gasteiger partial charge >= 0.3 is 6.09 Å². The number of carbonyl (C=O) groups is 1. The maximum atomic E-state index is 12.3. The lowest BCUT2D eigenvalue weighted by Crippen LogP contribution is -2.32. The molecule has 0 aliphatic carbocycles. The van der Waals surface area contributed by atoms with E-state index >= 15 is 0 Å². The maximum Gasteiger partial charge on any atom is 0.410 e. The van der Waals surface area contributed by atoms with Crippen LogP contribution in [0.5, 0.6) is 5.75 Å². The van der Waals surface area contributed by atoms with Crippen LogP contribution < -0.4 is 15.4 Å². The zero-order valence-corrected chi connectivity index (χ0v) is 23.2. The summed E-state index contributed by atoms with van der Waals surface area (Å²) >= 11 is 8.01. The molecular weight excluding hydrogens is 548 g/mol. The molecule has 1 amide bonds. The summed E-state index contributed by atoms with van der Waals surface area (Å²) in [4.78, 5) is 28.1. The van der Waals surface area contributed by atoms with Gasteiger partial charge < -0.3 is 19.7 Å². The highest BCUT2D eigenvalue weighted by molar-refractivity contribution is 7.20. The fraction of sp³-hybridized carbons (Fsp3) is 0.310. The fourth-order valence-electron chi connectivity index (χ4n) is 4.65. The number of rotatable bonds is 6. The number of pyridine rings is 1. The van der Waals surface area contributed by atoms with E-state index in [1.165, 1.54) is 17.7 Å². The second-order valence-corrected chi connectivity index (χ2v) is 11.1. The number of nitrogens with zero attached hydrogens (tertiary/aromatic N) is 4. The van der Waals surface area contributed by atoms with Gasteiger partial charge in [0.1, 0.15) is 24.8 Å². The molecule has 0 spiro atoms. The third-order valence-electron chi connectivity index (χ3n) is 6.70. The van der Waals surface area contributed by atoms with Crippen LogP contribution >= 0.6 is 22.9 Å². The summed E-state index contributed by atoms with van der Waals surface area (Å²) in [5, 5.41) is 7.17. The van der Waals surface area contributed by atoms with Crippen molar-refractivity contribution in [2.24, 2.45) is 0 Å². The predicted molar refractivity (Wildman–Crippen MR) is 155 cm³/mol. The van der Waals surface area contributed by atoms with Crippen LogP contribution in [0.2, 0.25) is 5.02 Å². The van der Waals surface area contributed by atoms with E-state index < -0.39 is 0 Å². The Hall–Kier alpha value is -3.91. The largest absolute Gasteiger partial charge is 0.486 e. The normalized spacial score (nSPS) is 18.4. The van der Waals surface area contributed by atoms with E-state index in [0.717, 1.165) is 52.4 Å². The van der Waals surface area contributed by atoms with Crippen LogP contribution in [-0.2, 0) is 11.3 Å². The van der Waals surface area contributed by atoms with Crippen LogP contribution in [0, 0.1) is 11.8 Å². The Morgan fingerprint density at radius 3 is 2.90 bits per heavy atom. The van der Waals surface area contributed by atoms with Crippen LogP contribution in [0.25, 0.3) is 10.2 Å². The average molecular weight is 575 g/mol. The first-order valence-electron chi connectivity index (χ1n) is 13.1. The summed E-state index contributed by atoms with van der Waals surface area (Å²) in [6, 6.07) is 13.1. The molecular formula is C29H27ClN6O3S. The molecule has 1 aromatic carbocycles. The van der Waals surface area contributed by atoms with Crippen molar-refractivity contribution in [3.8, 4) is 17.6 Å². The van der Waals surface area contributed by atoms with Crippen LogP contribution in [0.4, 0.5) is 16.3 Å². The summed E-state index contributed by atoms with van der Waals surface area (Å²) in [7, 11) is 0. The van der Waals surface area contributed by atoms with Gasteiger partial charge in [-0.2, -0.15) is 0 Å². The molecule has 2 N–H and O–H groups in total. The second kappa shape index (κ2) is 12.1. The van der Waals surface area contributed by atoms with Gasteiger partial charge in [0.2, 0.25) is 0 Å². The maximum absolute atomic E-state index is 12.3. The first kappa shape index (κ1) is 26.3. The molecule has 9 nitrogen and oxygen atoms in total. The van der Waals surface area contributed by atoms with Crippen LogP contribution in [-0.4, -0.2) is 57.7 Å². The standard InChI is InChI=1S/C29H27ClN6O3S/c30-24-14-20(7-9-26(24)38-17-21-5-1-2-10-31-21)35-28-27-25(33-18-34-28)15-23(40-27)8-6-19-13-22(16-32-19)39-29(37)36-11-3-4-12-36/h1-2,5,7,9-10,14-15,18-19,22,32H,3-4,11-13,16-17H2,(H,33,34,35)/t19-,22+/m0/s1. The summed E-state index contributed by atoms with van der Waals surface area (Å²) in [5.74, 6) is 7.79. The van der Waals surface area contributed by atoms with Crippen molar-refractivity contribution >= 4 is 50.8 Å². The van der Waals surface area contributed by atoms with Crippen molar-refractivity contribution in [1.29, 1.82) is 0 Å². The number of amides is 1. The number of anilines is 2. The van der Waals surface area contributed by atoms with Gasteiger partial charge in [-0.25, -0.2) is 14.8 Å². The molecule has 2 aliphatic rings. The minimum absolute atomic E-state index is 0.0363. The first-order valence-corrected chi connectivity index (χ1v) is 14.3. The van der Waals surface area contributed by atoms with Crippen molar-refractivity contribution < 1.29 is 14.3 Å². The Morgan fingerprint density at radius 1 is 1.18 bits per heavy atom. The van der Waals surface area contributed by atoms with Crippen molar-refractivity contribution in [2.75, 3.05) is 25.0 Å². The lowest BCUT2D eigenvalue weighted by atomic mass is 10.2. The molecule has 40 heavy (non-hydrogen) atoms. The fourth-order valence-corrected chi connectivity index (χ4v) is 5.80. The average Bonchev–Trinajstić information content (AvgIpc) is 3.74. The molecule has 2 saturated heterocycles. The highest BCUT2D eigenvalue weighted by atomic mass is 35.5. The highest BCUT2D eigenvalue weighted by Crippen LogP contribution is 2.33. The number of carbonyl (C=O) groups excluding carboxylic acids is 1. The third kappa shape index (κ3) is 6.28. The molecule has 2 atom stereocenters. The molecule has 204 valence electrons. The molecule has 0 saturated carbocycles. The number of ether oxygens (including phenoxy) is 2. The van der Waals surface area contributed by atoms with E-state index in [9.17, 15) is 4.79 Å². The molecule has 0 radical (unpaired) electrons. The molecule has 6 rings (SSSR count). The summed E-state index contributed by atoms with van der Waals surface area (Å²) in [6.07, 6.45) is 5.65. The van der Waals surface area contributed by atoms with Gasteiger partial charge in [0.15, 0.2) is 5.82 Å². The Morgan fingerprint density at radius 2 is 2.08 bits per heavy atom. The Kier molecular flexibility index (Phi) is 7.95. The monoisotopic (exact) mass is 574 g/mol. The second-order valence-electron chi connectivity index (χ2n) is 9.59. The van der Waals surface area contributed by atoms with Gasteiger partial charge in [-0.05, 0) is 49.2 Å². The number of nitrogens with one attached hydrogen (secondary N) is 2. The van der Waals surface area contributed by atoms with Gasteiger partial charge in [0.05, 0.1) is 31.9 Å². The number of aromatic nitrogens is 3. The van der Waals surface area contributed by atoms with Crippen LogP contribution in [0.1, 0.15) is 29.8 Å². The number of halogens is 1. The molecule has 2 aliphatic heterocycles. The first-order chi connectivity index (χ1) is 19.6. The number of fused-ring (bicyclic) bond motifs is 1. The molecule has 4 aromatic rings. The van der Waals surface area contributed by atoms with Crippen molar-refractivity contribution in [1.82, 2.24) is 25.2 Å². The highest BCUT2D eigenvalue weighted by Gasteiger charge is 2.28. The predicted octanol–water partition coefficient (Wildman–Crippen LogP) is 5.38. The zero-order valence-electron chi connectivity index (χ0n) is 21.6. The zero-order chi connectivity index (χ0) is 27.3. The molecule has 5 heterocycles. The SMILES string of the molecule is O=C(O[C@H]1CN[C@@H](C#Cc2cc3ncnc(Nc4ccc(OCc5ccccn5)c(Cl)c4)c3s2)C1)N1CCCC1. The number of thiophene rings is 1. The topological polar surface area (TPSA) is 102 Å². The molecule has 0 bridgehead atoms. The van der Waals surface area contributed by atoms with Gasteiger partial charge in [0, 0.05) is 37.9 Å². The van der Waals surface area contributed by atoms with Crippen molar-refractivity contribution in [3.63, 3.8) is 0 Å². The van der Waals surface area contributed by atoms with Gasteiger partial charge in [-0.3, -0.25) is 10.3 Å². The van der Waals surface area contributed by atoms with E-state index in [1.807, 2.05) is 36.4 Å². The van der Waals surface area contributed by atoms with E-state index in [2.05, 4.69) is 37.4 Å². The molecule has 11 heteroatoms. The summed E-state index contributed by atoms with van der Waals surface area (Å²) in [5.41, 5.74) is 2.41. The minimum Gasteiger partial charge on any atom is -0.486 e. The number of hydrogen-bond acceptors (Lipinski definition) is 9. The Balaban J connectivity index is 1.09. The number of likely N-dealkylation sites (tertiary alicyclic amines) is 1. The van der Waals surface area contributed by atoms with Gasteiger partial charge in [-0.1, -0.05) is 29.5 Å². The molecule has 0 unspecified atom stereocenters. The Labute approximate surface area is 240 Å². The van der Waals surface area contributed by atoms with E-state index in [1.54, 1.807) is 17.2 Å².